The Bertz CT molecular complexity index is 1090. The number of aromatic nitrogens is 3. The number of nitrogens with zero attached hydrogens (tertiary/aromatic N) is 3. The number of amides is 1. The molecule has 154 valence electrons. The molecule has 0 unspecified atom stereocenters. The second-order valence-electron chi connectivity index (χ2n) is 5.65. The number of pyridine rings is 1. The normalized spacial score (nSPS) is 11.7. The van der Waals surface area contributed by atoms with Gasteiger partial charge in [-0.05, 0) is 12.1 Å². The first-order valence-corrected chi connectivity index (χ1v) is 9.22. The maximum absolute atomic E-state index is 13.0. The summed E-state index contributed by atoms with van der Waals surface area (Å²) < 4.78 is 45.2. The Morgan fingerprint density at radius 3 is 2.41 bits per heavy atom. The quantitative estimate of drug-likeness (QED) is 0.511. The zero-order valence-electron chi connectivity index (χ0n) is 14.0. The molecule has 2 heterocycles. The Morgan fingerprint density at radius 2 is 1.72 bits per heavy atom. The lowest BCUT2D eigenvalue weighted by Crippen LogP contribution is -2.29. The summed E-state index contributed by atoms with van der Waals surface area (Å²) in [4.78, 5) is 12.0. The number of hydrogen-bond donors (Lipinski definition) is 1. The Hall–Kier alpha value is -1.94. The van der Waals surface area contributed by atoms with Gasteiger partial charge in [0, 0.05) is 12.3 Å². The molecule has 13 heteroatoms. The highest BCUT2D eigenvalue weighted by molar-refractivity contribution is 6.43. The third-order valence-electron chi connectivity index (χ3n) is 3.64. The second kappa shape index (κ2) is 8.43. The second-order valence-corrected chi connectivity index (χ2v) is 7.28. The summed E-state index contributed by atoms with van der Waals surface area (Å²) in [6.07, 6.45) is -3.80. The first-order chi connectivity index (χ1) is 13.6. The van der Waals surface area contributed by atoms with Gasteiger partial charge in [-0.2, -0.15) is 13.2 Å². The van der Waals surface area contributed by atoms with Crippen molar-refractivity contribution in [2.45, 2.75) is 12.7 Å². The number of ether oxygens (including phenoxy) is 1. The molecular formula is C16H9Cl4F3N4O2. The molecule has 6 nitrogen and oxygen atoms in total. The van der Waals surface area contributed by atoms with E-state index in [-0.39, 0.29) is 43.9 Å². The maximum atomic E-state index is 13.0. The minimum atomic E-state index is -4.60. The maximum Gasteiger partial charge on any atom is 0.417 e. The van der Waals surface area contributed by atoms with Gasteiger partial charge < -0.3 is 10.1 Å². The van der Waals surface area contributed by atoms with Crippen LogP contribution >= 0.6 is 46.4 Å². The highest BCUT2D eigenvalue weighted by atomic mass is 35.5. The molecule has 1 N–H and O–H groups in total. The Balaban J connectivity index is 1.68. The van der Waals surface area contributed by atoms with Crippen molar-refractivity contribution in [3.63, 3.8) is 0 Å². The number of alkyl halides is 3. The zero-order chi connectivity index (χ0) is 21.3. The molecule has 0 fully saturated rings. The van der Waals surface area contributed by atoms with Gasteiger partial charge in [0.25, 0.3) is 5.91 Å². The SMILES string of the molecule is O=C(COc1cc(Cl)c(Cl)cc1Cl)NCc1nnc2c(Cl)cc(C(F)(F)F)cn12. The Morgan fingerprint density at radius 1 is 1.03 bits per heavy atom. The van der Waals surface area contributed by atoms with Gasteiger partial charge in [-0.25, -0.2) is 0 Å². The van der Waals surface area contributed by atoms with Crippen LogP contribution < -0.4 is 10.1 Å². The lowest BCUT2D eigenvalue weighted by molar-refractivity contribution is -0.137. The first-order valence-electron chi connectivity index (χ1n) is 7.70. The monoisotopic (exact) mass is 486 g/mol. The van der Waals surface area contributed by atoms with Gasteiger partial charge in [-0.3, -0.25) is 9.20 Å². The van der Waals surface area contributed by atoms with E-state index in [1.165, 1.54) is 12.1 Å². The summed E-state index contributed by atoms with van der Waals surface area (Å²) in [5.74, 6) is -0.387. The van der Waals surface area contributed by atoms with Crippen molar-refractivity contribution < 1.29 is 22.7 Å². The minimum Gasteiger partial charge on any atom is -0.482 e. The fraction of sp³-hybridized carbons (Fsp3) is 0.188. The molecule has 0 bridgehead atoms. The molecule has 0 aliphatic rings. The van der Waals surface area contributed by atoms with E-state index >= 15 is 0 Å². The van der Waals surface area contributed by atoms with Crippen LogP contribution in [0.1, 0.15) is 11.4 Å². The molecule has 1 amide bonds. The lowest BCUT2D eigenvalue weighted by Gasteiger charge is -2.10. The van der Waals surface area contributed by atoms with Gasteiger partial charge in [0.15, 0.2) is 18.1 Å². The predicted molar refractivity (Wildman–Crippen MR) is 102 cm³/mol. The number of halogens is 7. The minimum absolute atomic E-state index is 0.0303. The van der Waals surface area contributed by atoms with Crippen LogP contribution in [0.5, 0.6) is 5.75 Å². The van der Waals surface area contributed by atoms with E-state index in [2.05, 4.69) is 15.5 Å². The van der Waals surface area contributed by atoms with Crippen molar-refractivity contribution in [3.8, 4) is 5.75 Å². The summed E-state index contributed by atoms with van der Waals surface area (Å²) >= 11 is 23.5. The third-order valence-corrected chi connectivity index (χ3v) is 4.93. The van der Waals surface area contributed by atoms with Gasteiger partial charge in [0.1, 0.15) is 5.75 Å². The van der Waals surface area contributed by atoms with E-state index in [9.17, 15) is 18.0 Å². The van der Waals surface area contributed by atoms with Crippen molar-refractivity contribution in [2.75, 3.05) is 6.61 Å². The van der Waals surface area contributed by atoms with E-state index in [0.29, 0.717) is 0 Å². The van der Waals surface area contributed by atoms with Crippen molar-refractivity contribution in [3.05, 3.63) is 55.9 Å². The smallest absolute Gasteiger partial charge is 0.417 e. The van der Waals surface area contributed by atoms with Crippen molar-refractivity contribution in [1.29, 1.82) is 0 Å². The number of hydrogen-bond acceptors (Lipinski definition) is 4. The molecule has 2 aromatic heterocycles. The van der Waals surface area contributed by atoms with E-state index in [0.717, 1.165) is 16.7 Å². The van der Waals surface area contributed by atoms with Crippen LogP contribution in [0.15, 0.2) is 24.4 Å². The van der Waals surface area contributed by atoms with Crippen LogP contribution in [0.25, 0.3) is 5.65 Å². The summed E-state index contributed by atoms with van der Waals surface area (Å²) in [5.41, 5.74) is -0.942. The van der Waals surface area contributed by atoms with E-state index in [1.807, 2.05) is 0 Å². The highest BCUT2D eigenvalue weighted by Gasteiger charge is 2.32. The summed E-state index contributed by atoms with van der Waals surface area (Å²) in [5, 5.41) is 10.3. The van der Waals surface area contributed by atoms with Crippen LogP contribution in [-0.4, -0.2) is 27.1 Å². The van der Waals surface area contributed by atoms with Crippen LogP contribution in [0.4, 0.5) is 13.2 Å². The van der Waals surface area contributed by atoms with E-state index < -0.39 is 24.3 Å². The molecule has 0 spiro atoms. The molecule has 29 heavy (non-hydrogen) atoms. The molecule has 3 rings (SSSR count). The number of rotatable bonds is 5. The van der Waals surface area contributed by atoms with Crippen molar-refractivity contribution in [1.82, 2.24) is 19.9 Å². The van der Waals surface area contributed by atoms with Gasteiger partial charge >= 0.3 is 6.18 Å². The number of nitrogens with one attached hydrogen (secondary N) is 1. The van der Waals surface area contributed by atoms with E-state index in [1.54, 1.807) is 0 Å². The summed E-state index contributed by atoms with van der Waals surface area (Å²) in [7, 11) is 0. The largest absolute Gasteiger partial charge is 0.482 e. The highest BCUT2D eigenvalue weighted by Crippen LogP contribution is 2.34. The summed E-state index contributed by atoms with van der Waals surface area (Å²) in [6, 6.07) is 3.47. The average molecular weight is 488 g/mol. The molecule has 0 aliphatic heterocycles. The van der Waals surface area contributed by atoms with Crippen LogP contribution in [0.3, 0.4) is 0 Å². The summed E-state index contributed by atoms with van der Waals surface area (Å²) in [6.45, 7) is -0.640. The molecule has 0 saturated heterocycles. The molecule has 0 radical (unpaired) electrons. The Labute approximate surface area is 181 Å². The third kappa shape index (κ3) is 4.98. The van der Waals surface area contributed by atoms with Crippen LogP contribution in [-0.2, 0) is 17.5 Å². The molecule has 3 aromatic rings. The zero-order valence-corrected chi connectivity index (χ0v) is 17.1. The topological polar surface area (TPSA) is 68.5 Å². The molecule has 1 aromatic carbocycles. The fourth-order valence-electron chi connectivity index (χ4n) is 2.26. The molecule has 0 atom stereocenters. The van der Waals surface area contributed by atoms with E-state index in [4.69, 9.17) is 51.1 Å². The average Bonchev–Trinajstić information content (AvgIpc) is 3.05. The van der Waals surface area contributed by atoms with Crippen molar-refractivity contribution in [2.24, 2.45) is 0 Å². The fourth-order valence-corrected chi connectivity index (χ4v) is 3.10. The number of carbonyl (C=O) groups is 1. The van der Waals surface area contributed by atoms with Gasteiger partial charge in [-0.15, -0.1) is 10.2 Å². The predicted octanol–water partition coefficient (Wildman–Crippen LogP) is 5.06. The molecule has 0 aliphatic carbocycles. The first kappa shape index (κ1) is 21.8. The number of fused-ring (bicyclic) bond motifs is 1. The van der Waals surface area contributed by atoms with Crippen LogP contribution in [0.2, 0.25) is 20.1 Å². The van der Waals surface area contributed by atoms with Gasteiger partial charge in [0.05, 0.1) is 32.2 Å². The standard InChI is InChI=1S/C16H9Cl4F3N4O2/c17-8-2-10(19)12(3-9(8)18)29-6-14(28)24-4-13-25-26-15-11(20)1-7(5-27(13)15)16(21,22)23/h1-3,5H,4,6H2,(H,24,28). The number of benzene rings is 1. The van der Waals surface area contributed by atoms with Gasteiger partial charge in [-0.1, -0.05) is 46.4 Å². The lowest BCUT2D eigenvalue weighted by atomic mass is 10.3. The number of carbonyl (C=O) groups excluding carboxylic acids is 1. The van der Waals surface area contributed by atoms with Crippen molar-refractivity contribution >= 4 is 58.0 Å². The van der Waals surface area contributed by atoms with Crippen LogP contribution in [0, 0.1) is 0 Å². The molecule has 0 saturated carbocycles. The molecular weight excluding hydrogens is 479 g/mol. The van der Waals surface area contributed by atoms with Gasteiger partial charge in [0.2, 0.25) is 0 Å². The Kier molecular flexibility index (Phi) is 6.33.